The first-order valence-electron chi connectivity index (χ1n) is 7.02. The first-order valence-corrected chi connectivity index (χ1v) is 8.17. The molecule has 0 aromatic rings. The number of hydrogen-bond donors (Lipinski definition) is 0. The molecule has 0 heterocycles. The van der Waals surface area contributed by atoms with Gasteiger partial charge in [-0.05, 0) is 25.0 Å². The minimum atomic E-state index is 0. The van der Waals surface area contributed by atoms with Crippen molar-refractivity contribution >= 4 is 11.8 Å². The summed E-state index contributed by atoms with van der Waals surface area (Å²) in [5.41, 5.74) is 0. The number of halogens is 1. The standard InChI is InChI=1S/C14H32NS.ClH/c1-5-7-8-9-10-11-12-15(3,4)14-16-13-6-2;/h5-14H2,1-4H3;1H/q+1;/p-1. The van der Waals surface area contributed by atoms with Gasteiger partial charge in [-0.15, -0.1) is 11.8 Å². The van der Waals surface area contributed by atoms with Crippen molar-refractivity contribution in [3.05, 3.63) is 0 Å². The Morgan fingerprint density at radius 3 is 2.00 bits per heavy atom. The molecule has 0 aromatic heterocycles. The lowest BCUT2D eigenvalue weighted by atomic mass is 10.1. The van der Waals surface area contributed by atoms with Crippen LogP contribution in [-0.4, -0.2) is 36.8 Å². The highest BCUT2D eigenvalue weighted by Crippen LogP contribution is 2.13. The molecule has 0 radical (unpaired) electrons. The molecule has 0 saturated heterocycles. The van der Waals surface area contributed by atoms with Crippen LogP contribution >= 0.6 is 11.8 Å². The van der Waals surface area contributed by atoms with Gasteiger partial charge in [0.2, 0.25) is 0 Å². The van der Waals surface area contributed by atoms with Crippen LogP contribution in [0, 0.1) is 0 Å². The Bertz CT molecular complexity index is 151. The first-order chi connectivity index (χ1) is 7.62. The Labute approximate surface area is 120 Å². The zero-order valence-corrected chi connectivity index (χ0v) is 13.9. The van der Waals surface area contributed by atoms with Gasteiger partial charge in [-0.3, -0.25) is 0 Å². The Balaban J connectivity index is 0. The van der Waals surface area contributed by atoms with E-state index in [4.69, 9.17) is 0 Å². The topological polar surface area (TPSA) is 0 Å². The fourth-order valence-electron chi connectivity index (χ4n) is 1.84. The van der Waals surface area contributed by atoms with Crippen molar-refractivity contribution in [3.63, 3.8) is 0 Å². The molecule has 1 nitrogen and oxygen atoms in total. The summed E-state index contributed by atoms with van der Waals surface area (Å²) in [4.78, 5) is 0. The summed E-state index contributed by atoms with van der Waals surface area (Å²) in [6.07, 6.45) is 9.80. The van der Waals surface area contributed by atoms with E-state index in [2.05, 4.69) is 39.7 Å². The molecule has 0 aliphatic rings. The maximum Gasteiger partial charge on any atom is 0.125 e. The maximum absolute atomic E-state index is 2.37. The van der Waals surface area contributed by atoms with Gasteiger partial charge in [0, 0.05) is 0 Å². The van der Waals surface area contributed by atoms with Crippen LogP contribution in [0.3, 0.4) is 0 Å². The van der Waals surface area contributed by atoms with Crippen molar-refractivity contribution < 1.29 is 16.9 Å². The third-order valence-electron chi connectivity index (χ3n) is 2.91. The molecule has 0 aromatic carbocycles. The molecule has 0 aliphatic carbocycles. The monoisotopic (exact) mass is 281 g/mol. The molecular formula is C14H32ClNS. The van der Waals surface area contributed by atoms with Crippen molar-refractivity contribution in [3.8, 4) is 0 Å². The van der Waals surface area contributed by atoms with Crippen LogP contribution in [0.2, 0.25) is 0 Å². The second-order valence-electron chi connectivity index (χ2n) is 5.46. The van der Waals surface area contributed by atoms with Crippen molar-refractivity contribution in [1.82, 2.24) is 0 Å². The Hall–Kier alpha value is 0.600. The zero-order chi connectivity index (χ0) is 12.3. The number of hydrogen-bond acceptors (Lipinski definition) is 1. The minimum Gasteiger partial charge on any atom is -1.00 e. The molecule has 3 heteroatoms. The number of rotatable bonds is 11. The minimum absolute atomic E-state index is 0. The molecule has 0 bridgehead atoms. The fraction of sp³-hybridized carbons (Fsp3) is 1.00. The van der Waals surface area contributed by atoms with Crippen LogP contribution in [0.5, 0.6) is 0 Å². The van der Waals surface area contributed by atoms with Gasteiger partial charge in [0.15, 0.2) is 0 Å². The normalized spacial score (nSPS) is 11.3. The second kappa shape index (κ2) is 13.0. The van der Waals surface area contributed by atoms with E-state index >= 15 is 0 Å². The predicted molar refractivity (Wildman–Crippen MR) is 78.0 cm³/mol. The smallest absolute Gasteiger partial charge is 0.125 e. The van der Waals surface area contributed by atoms with Gasteiger partial charge >= 0.3 is 0 Å². The molecule has 0 saturated carbocycles. The van der Waals surface area contributed by atoms with Crippen molar-refractivity contribution in [2.75, 3.05) is 32.3 Å². The molecular weight excluding hydrogens is 250 g/mol. The van der Waals surface area contributed by atoms with Crippen LogP contribution in [0.25, 0.3) is 0 Å². The van der Waals surface area contributed by atoms with E-state index in [0.29, 0.717) is 0 Å². The van der Waals surface area contributed by atoms with Crippen LogP contribution in [0.15, 0.2) is 0 Å². The molecule has 0 spiro atoms. The van der Waals surface area contributed by atoms with Crippen LogP contribution in [-0.2, 0) is 0 Å². The molecule has 106 valence electrons. The summed E-state index contributed by atoms with van der Waals surface area (Å²) in [5.74, 6) is 2.60. The first kappa shape index (κ1) is 19.9. The van der Waals surface area contributed by atoms with Gasteiger partial charge in [0.1, 0.15) is 5.88 Å². The zero-order valence-electron chi connectivity index (χ0n) is 12.3. The molecule has 0 amide bonds. The van der Waals surface area contributed by atoms with E-state index in [-0.39, 0.29) is 12.4 Å². The summed E-state index contributed by atoms with van der Waals surface area (Å²) < 4.78 is 1.19. The highest BCUT2D eigenvalue weighted by Gasteiger charge is 2.13. The largest absolute Gasteiger partial charge is 1.00 e. The third kappa shape index (κ3) is 14.5. The molecule has 17 heavy (non-hydrogen) atoms. The molecule has 0 aliphatic heterocycles. The molecule has 0 unspecified atom stereocenters. The summed E-state index contributed by atoms with van der Waals surface area (Å²) in [7, 11) is 4.74. The lowest BCUT2D eigenvalue weighted by Crippen LogP contribution is -3.00. The number of thioether (sulfide) groups is 1. The van der Waals surface area contributed by atoms with Crippen LogP contribution in [0.4, 0.5) is 0 Å². The highest BCUT2D eigenvalue weighted by atomic mass is 35.5. The maximum atomic E-state index is 2.37. The van der Waals surface area contributed by atoms with Crippen molar-refractivity contribution in [2.24, 2.45) is 0 Å². The Morgan fingerprint density at radius 2 is 1.41 bits per heavy atom. The average molecular weight is 282 g/mol. The van der Waals surface area contributed by atoms with Gasteiger partial charge in [0.05, 0.1) is 20.6 Å². The van der Waals surface area contributed by atoms with Gasteiger partial charge < -0.3 is 16.9 Å². The summed E-state index contributed by atoms with van der Waals surface area (Å²) >= 11 is 2.10. The summed E-state index contributed by atoms with van der Waals surface area (Å²) in [5, 5.41) is 0. The number of unbranched alkanes of at least 4 members (excludes halogenated alkanes) is 5. The van der Waals surface area contributed by atoms with E-state index < -0.39 is 0 Å². The Morgan fingerprint density at radius 1 is 0.824 bits per heavy atom. The summed E-state index contributed by atoms with van der Waals surface area (Å²) in [6.45, 7) is 5.90. The average Bonchev–Trinajstić information content (AvgIpc) is 2.23. The van der Waals surface area contributed by atoms with Crippen molar-refractivity contribution in [2.45, 2.75) is 58.8 Å². The number of nitrogens with zero attached hydrogens (tertiary/aromatic N) is 1. The van der Waals surface area contributed by atoms with Gasteiger partial charge in [-0.25, -0.2) is 0 Å². The Kier molecular flexibility index (Phi) is 15.3. The molecule has 0 atom stereocenters. The quantitative estimate of drug-likeness (QED) is 0.314. The van der Waals surface area contributed by atoms with E-state index in [9.17, 15) is 0 Å². The molecule has 0 fully saturated rings. The van der Waals surface area contributed by atoms with Crippen LogP contribution < -0.4 is 12.4 Å². The molecule has 0 rings (SSSR count). The fourth-order valence-corrected chi connectivity index (χ4v) is 2.88. The predicted octanol–water partition coefficient (Wildman–Crippen LogP) is 1.53. The number of quaternary nitrogens is 1. The second-order valence-corrected chi connectivity index (χ2v) is 6.54. The van der Waals surface area contributed by atoms with Crippen molar-refractivity contribution in [1.29, 1.82) is 0 Å². The lowest BCUT2D eigenvalue weighted by Gasteiger charge is -2.29. The lowest BCUT2D eigenvalue weighted by molar-refractivity contribution is -0.877. The van der Waals surface area contributed by atoms with Gasteiger partial charge in [-0.2, -0.15) is 0 Å². The summed E-state index contributed by atoms with van der Waals surface area (Å²) in [6, 6.07) is 0. The van der Waals surface area contributed by atoms with E-state index in [1.807, 2.05) is 0 Å². The van der Waals surface area contributed by atoms with E-state index in [1.54, 1.807) is 0 Å². The SMILES string of the molecule is CCCCCCCC[N+](C)(C)CSCCC.[Cl-]. The van der Waals surface area contributed by atoms with Gasteiger partial charge in [0.25, 0.3) is 0 Å². The van der Waals surface area contributed by atoms with E-state index in [0.717, 1.165) is 0 Å². The highest BCUT2D eigenvalue weighted by molar-refractivity contribution is 7.99. The van der Waals surface area contributed by atoms with E-state index in [1.165, 1.54) is 67.6 Å². The third-order valence-corrected chi connectivity index (χ3v) is 4.48. The van der Waals surface area contributed by atoms with Crippen LogP contribution in [0.1, 0.15) is 58.8 Å². The molecule has 0 N–H and O–H groups in total. The van der Waals surface area contributed by atoms with Gasteiger partial charge in [-0.1, -0.05) is 39.5 Å².